The Morgan fingerprint density at radius 2 is 1.62 bits per heavy atom. The van der Waals surface area contributed by atoms with Crippen molar-refractivity contribution in [2.24, 2.45) is 23.7 Å². The van der Waals surface area contributed by atoms with Crippen LogP contribution in [0.5, 0.6) is 0 Å². The minimum Gasteiger partial charge on any atom is -0.274 e. The molecule has 0 spiro atoms. The number of hydrogen-bond acceptors (Lipinski definition) is 4. The number of rotatable bonds is 3. The van der Waals surface area contributed by atoms with Crippen molar-refractivity contribution in [1.29, 1.82) is 5.26 Å². The largest absolute Gasteiger partial charge is 0.274 e. The van der Waals surface area contributed by atoms with Crippen LogP contribution in [0.15, 0.2) is 35.4 Å². The summed E-state index contributed by atoms with van der Waals surface area (Å²) in [5.41, 5.74) is 6.08. The van der Waals surface area contributed by atoms with Crippen molar-refractivity contribution in [2.45, 2.75) is 53.4 Å². The maximum Gasteiger partial charge on any atom is 0.239 e. The molecule has 3 fully saturated rings. The van der Waals surface area contributed by atoms with Gasteiger partial charge in [-0.2, -0.15) is 5.26 Å². The van der Waals surface area contributed by atoms with Gasteiger partial charge in [0.1, 0.15) is 11.1 Å². The van der Waals surface area contributed by atoms with Crippen LogP contribution >= 0.6 is 11.3 Å². The monoisotopic (exact) mass is 444 g/mol. The van der Waals surface area contributed by atoms with E-state index in [1.165, 1.54) is 32.9 Å². The zero-order chi connectivity index (χ0) is 22.9. The zero-order valence-electron chi connectivity index (χ0n) is 19.2. The molecule has 2 bridgehead atoms. The van der Waals surface area contributed by atoms with Gasteiger partial charge in [-0.25, -0.2) is 4.90 Å². The number of carbonyl (C=O) groups excluding carboxylic acids is 2. The number of hydrogen-bond donors (Lipinski definition) is 0. The molecular weight excluding hydrogens is 416 g/mol. The third-order valence-corrected chi connectivity index (χ3v) is 8.77. The maximum atomic E-state index is 13.6. The van der Waals surface area contributed by atoms with E-state index >= 15 is 0 Å². The van der Waals surface area contributed by atoms with Gasteiger partial charge in [0.15, 0.2) is 0 Å². The Labute approximate surface area is 193 Å². The van der Waals surface area contributed by atoms with E-state index in [1.54, 1.807) is 0 Å². The van der Waals surface area contributed by atoms with Crippen LogP contribution in [0.3, 0.4) is 0 Å². The normalized spacial score (nSPS) is 26.3. The van der Waals surface area contributed by atoms with Crippen LogP contribution in [0, 0.1) is 41.9 Å². The summed E-state index contributed by atoms with van der Waals surface area (Å²) in [6.07, 6.45) is 1.97. The number of thiophene rings is 1. The molecule has 4 nitrogen and oxygen atoms in total. The fourth-order valence-electron chi connectivity index (χ4n) is 6.37. The Morgan fingerprint density at radius 1 is 1.06 bits per heavy atom. The molecule has 4 atom stereocenters. The fourth-order valence-corrected chi connectivity index (χ4v) is 7.50. The van der Waals surface area contributed by atoms with Crippen molar-refractivity contribution in [2.75, 3.05) is 4.90 Å². The summed E-state index contributed by atoms with van der Waals surface area (Å²) >= 11 is 1.39. The number of benzene rings is 1. The average Bonchev–Trinajstić information content (AvgIpc) is 3.47. The van der Waals surface area contributed by atoms with Gasteiger partial charge in [-0.1, -0.05) is 49.3 Å². The summed E-state index contributed by atoms with van der Waals surface area (Å²) in [5, 5.41) is 10.6. The van der Waals surface area contributed by atoms with E-state index in [0.29, 0.717) is 16.5 Å². The molecule has 0 radical (unpaired) electrons. The van der Waals surface area contributed by atoms with Gasteiger partial charge in [0, 0.05) is 10.4 Å². The van der Waals surface area contributed by atoms with Crippen molar-refractivity contribution in [3.8, 4) is 17.2 Å². The van der Waals surface area contributed by atoms with Gasteiger partial charge < -0.3 is 0 Å². The molecule has 5 heteroatoms. The van der Waals surface area contributed by atoms with Crippen LogP contribution in [-0.2, 0) is 9.59 Å². The number of allylic oxidation sites excluding steroid dienone is 2. The Balaban J connectivity index is 1.57. The van der Waals surface area contributed by atoms with E-state index in [0.717, 1.165) is 28.8 Å². The molecule has 32 heavy (non-hydrogen) atoms. The number of fused-ring (bicyclic) bond motifs is 5. The molecule has 2 heterocycles. The van der Waals surface area contributed by atoms with Gasteiger partial charge >= 0.3 is 0 Å². The maximum absolute atomic E-state index is 13.6. The van der Waals surface area contributed by atoms with E-state index in [4.69, 9.17) is 0 Å². The third-order valence-electron chi connectivity index (χ3n) is 7.68. The lowest BCUT2D eigenvalue weighted by Gasteiger charge is -2.18. The highest BCUT2D eigenvalue weighted by Crippen LogP contribution is 2.61. The van der Waals surface area contributed by atoms with Gasteiger partial charge in [0.25, 0.3) is 0 Å². The minimum absolute atomic E-state index is 0.106. The summed E-state index contributed by atoms with van der Waals surface area (Å²) in [6, 6.07) is 10.6. The Hall–Kier alpha value is -2.71. The summed E-state index contributed by atoms with van der Waals surface area (Å²) < 4.78 is 0. The standard InChI is InChI=1S/C27H28N2O2S/c1-13(2)16-6-8-17(9-7-16)22-15(5)32-27(20(22)12-28)29-25(30)23-18-10-11-19(21(18)14(3)4)24(23)26(29)31/h6-9,13,18-19,23-24H,10-11H2,1-5H3/t18-,19+,23-,24-/m0/s1. The minimum atomic E-state index is -0.256. The number of nitrogens with zero attached hydrogens (tertiary/aromatic N) is 2. The average molecular weight is 445 g/mol. The van der Waals surface area contributed by atoms with Crippen molar-refractivity contribution in [1.82, 2.24) is 0 Å². The summed E-state index contributed by atoms with van der Waals surface area (Å²) in [7, 11) is 0. The lowest BCUT2D eigenvalue weighted by Crippen LogP contribution is -2.33. The smallest absolute Gasteiger partial charge is 0.239 e. The van der Waals surface area contributed by atoms with Gasteiger partial charge in [0.2, 0.25) is 11.8 Å². The van der Waals surface area contributed by atoms with Crippen molar-refractivity contribution in [3.05, 3.63) is 51.4 Å². The van der Waals surface area contributed by atoms with Crippen LogP contribution in [0.25, 0.3) is 11.1 Å². The Kier molecular flexibility index (Phi) is 4.90. The van der Waals surface area contributed by atoms with Crippen LogP contribution < -0.4 is 4.90 Å². The molecular formula is C27H28N2O2S. The molecule has 2 amide bonds. The van der Waals surface area contributed by atoms with E-state index in [-0.39, 0.29) is 35.5 Å². The first-order valence-corrected chi connectivity index (χ1v) is 12.3. The molecule has 2 saturated carbocycles. The van der Waals surface area contributed by atoms with Crippen molar-refractivity contribution >= 4 is 28.2 Å². The first-order chi connectivity index (χ1) is 15.3. The molecule has 1 aliphatic heterocycles. The quantitative estimate of drug-likeness (QED) is 0.418. The molecule has 1 saturated heterocycles. The van der Waals surface area contributed by atoms with E-state index in [1.807, 2.05) is 19.1 Å². The molecule has 1 aromatic heterocycles. The molecule has 2 aliphatic carbocycles. The van der Waals surface area contributed by atoms with Gasteiger partial charge in [-0.05, 0) is 62.5 Å². The number of anilines is 1. The van der Waals surface area contributed by atoms with Gasteiger partial charge in [-0.15, -0.1) is 11.3 Å². The van der Waals surface area contributed by atoms with Gasteiger partial charge in [0.05, 0.1) is 17.4 Å². The number of imide groups is 1. The van der Waals surface area contributed by atoms with Crippen LogP contribution in [0.2, 0.25) is 0 Å². The molecule has 164 valence electrons. The highest BCUT2D eigenvalue weighted by Gasteiger charge is 2.64. The lowest BCUT2D eigenvalue weighted by atomic mass is 9.81. The molecule has 2 aromatic rings. The predicted octanol–water partition coefficient (Wildman–Crippen LogP) is 6.20. The first kappa shape index (κ1) is 21.2. The lowest BCUT2D eigenvalue weighted by molar-refractivity contribution is -0.122. The molecule has 5 rings (SSSR count). The van der Waals surface area contributed by atoms with Crippen molar-refractivity contribution < 1.29 is 9.59 Å². The highest BCUT2D eigenvalue weighted by molar-refractivity contribution is 7.17. The number of amides is 2. The van der Waals surface area contributed by atoms with Crippen LogP contribution in [-0.4, -0.2) is 11.8 Å². The first-order valence-electron chi connectivity index (χ1n) is 11.4. The van der Waals surface area contributed by atoms with E-state index < -0.39 is 0 Å². The molecule has 0 N–H and O–H groups in total. The van der Waals surface area contributed by atoms with Crippen molar-refractivity contribution in [3.63, 3.8) is 0 Å². The second kappa shape index (κ2) is 7.42. The summed E-state index contributed by atoms with van der Waals surface area (Å²) in [6.45, 7) is 10.5. The van der Waals surface area contributed by atoms with E-state index in [9.17, 15) is 14.9 Å². The topological polar surface area (TPSA) is 61.2 Å². The Morgan fingerprint density at radius 3 is 2.09 bits per heavy atom. The van der Waals surface area contributed by atoms with Gasteiger partial charge in [-0.3, -0.25) is 9.59 Å². The molecule has 3 aliphatic rings. The zero-order valence-corrected chi connectivity index (χ0v) is 20.0. The number of carbonyl (C=O) groups is 2. The highest BCUT2D eigenvalue weighted by atomic mass is 32.1. The number of aryl methyl sites for hydroxylation is 1. The van der Waals surface area contributed by atoms with Crippen LogP contribution in [0.1, 0.15) is 62.5 Å². The summed E-state index contributed by atoms with van der Waals surface area (Å²) in [4.78, 5) is 29.5. The predicted molar refractivity (Wildman–Crippen MR) is 127 cm³/mol. The summed E-state index contributed by atoms with van der Waals surface area (Å²) in [5.74, 6) is 0.0784. The molecule has 0 unspecified atom stereocenters. The second-order valence-electron chi connectivity index (χ2n) is 9.91. The van der Waals surface area contributed by atoms with Crippen LogP contribution in [0.4, 0.5) is 5.00 Å². The second-order valence-corrected chi connectivity index (χ2v) is 11.1. The number of nitriles is 1. The Bertz CT molecular complexity index is 1180. The van der Waals surface area contributed by atoms with E-state index in [2.05, 4.69) is 45.9 Å². The molecule has 1 aromatic carbocycles. The third kappa shape index (κ3) is 2.79. The SMILES string of the molecule is CC(C)=C1[C@H]2CC[C@@H]1[C@@H]1C(=O)N(c3sc(C)c(-c4ccc(C(C)C)cc4)c3C#N)C(=O)[C@H]12. The fraction of sp³-hybridized carbons (Fsp3) is 0.444.